The van der Waals surface area contributed by atoms with E-state index in [1.54, 1.807) is 0 Å². The minimum Gasteiger partial charge on any atom is -0.394 e. The second-order valence-corrected chi connectivity index (χ2v) is 5.13. The molecular weight excluding hydrogens is 244 g/mol. The number of aliphatic hydroxyl groups excluding tert-OH is 1. The first-order valence-corrected chi connectivity index (χ1v) is 7.56. The van der Waals surface area contributed by atoms with Crippen molar-refractivity contribution in [1.29, 1.82) is 0 Å². The normalized spacial score (nSPS) is 17.5. The molecule has 1 rings (SSSR count). The van der Waals surface area contributed by atoms with Crippen molar-refractivity contribution in [2.24, 2.45) is 0 Å². The van der Waals surface area contributed by atoms with Crippen LogP contribution in [0.15, 0.2) is 0 Å². The van der Waals surface area contributed by atoms with Gasteiger partial charge in [-0.25, -0.2) is 4.79 Å². The minimum atomic E-state index is -0.0623. The number of urea groups is 1. The Morgan fingerprint density at radius 1 is 1.11 bits per heavy atom. The number of rotatable bonds is 7. The van der Waals surface area contributed by atoms with Gasteiger partial charge in [0.1, 0.15) is 0 Å². The zero-order valence-electron chi connectivity index (χ0n) is 11.8. The Labute approximate surface area is 116 Å². The molecule has 1 aliphatic carbocycles. The zero-order chi connectivity index (χ0) is 13.8. The van der Waals surface area contributed by atoms with Crippen molar-refractivity contribution in [3.8, 4) is 0 Å². The van der Waals surface area contributed by atoms with Crippen molar-refractivity contribution >= 4 is 6.03 Å². The van der Waals surface area contributed by atoms with E-state index in [1.807, 2.05) is 0 Å². The van der Waals surface area contributed by atoms with Crippen LogP contribution in [-0.4, -0.2) is 43.5 Å². The van der Waals surface area contributed by atoms with E-state index in [2.05, 4.69) is 10.6 Å². The topological polar surface area (TPSA) is 70.6 Å². The van der Waals surface area contributed by atoms with Crippen molar-refractivity contribution in [2.45, 2.75) is 57.4 Å². The summed E-state index contributed by atoms with van der Waals surface area (Å²) in [5.41, 5.74) is 0. The maximum atomic E-state index is 11.7. The lowest BCUT2D eigenvalue weighted by atomic mass is 9.97. The molecule has 5 heteroatoms. The van der Waals surface area contributed by atoms with Gasteiger partial charge in [-0.15, -0.1) is 0 Å². The Balaban J connectivity index is 2.02. The Morgan fingerprint density at radius 3 is 2.47 bits per heavy atom. The molecule has 1 aliphatic rings. The Kier molecular flexibility index (Phi) is 9.45. The number of carbonyl (C=O) groups is 1. The molecule has 0 aromatic heterocycles. The highest BCUT2D eigenvalue weighted by atomic mass is 16.5. The van der Waals surface area contributed by atoms with Gasteiger partial charge in [0.2, 0.25) is 0 Å². The van der Waals surface area contributed by atoms with E-state index in [0.717, 1.165) is 19.3 Å². The maximum Gasteiger partial charge on any atom is 0.315 e. The third-order valence-electron chi connectivity index (χ3n) is 3.43. The average molecular weight is 272 g/mol. The third-order valence-corrected chi connectivity index (χ3v) is 3.43. The second-order valence-electron chi connectivity index (χ2n) is 5.13. The molecule has 2 amide bonds. The molecule has 0 aliphatic heterocycles. The van der Waals surface area contributed by atoms with Gasteiger partial charge in [0.25, 0.3) is 0 Å². The monoisotopic (exact) mass is 272 g/mol. The molecule has 3 N–H and O–H groups in total. The first-order valence-electron chi connectivity index (χ1n) is 7.56. The van der Waals surface area contributed by atoms with Gasteiger partial charge in [-0.05, 0) is 19.3 Å². The van der Waals surface area contributed by atoms with Crippen molar-refractivity contribution in [3.63, 3.8) is 0 Å². The Hall–Kier alpha value is -0.810. The predicted molar refractivity (Wildman–Crippen MR) is 75.2 cm³/mol. The summed E-state index contributed by atoms with van der Waals surface area (Å²) in [7, 11) is 0. The van der Waals surface area contributed by atoms with Gasteiger partial charge in [-0.1, -0.05) is 32.1 Å². The lowest BCUT2D eigenvalue weighted by Crippen LogP contribution is -2.42. The van der Waals surface area contributed by atoms with Crippen LogP contribution in [0, 0.1) is 0 Å². The first kappa shape index (κ1) is 16.2. The van der Waals surface area contributed by atoms with Crippen molar-refractivity contribution < 1.29 is 14.6 Å². The number of amides is 2. The van der Waals surface area contributed by atoms with E-state index in [9.17, 15) is 4.79 Å². The van der Waals surface area contributed by atoms with E-state index in [-0.39, 0.29) is 12.6 Å². The molecule has 0 bridgehead atoms. The third kappa shape index (κ3) is 8.83. The molecule has 1 saturated carbocycles. The number of nitrogens with one attached hydrogen (secondary N) is 2. The molecule has 112 valence electrons. The van der Waals surface area contributed by atoms with Crippen molar-refractivity contribution in [3.05, 3.63) is 0 Å². The molecule has 0 unspecified atom stereocenters. The quantitative estimate of drug-likeness (QED) is 0.619. The number of ether oxygens (including phenoxy) is 1. The summed E-state index contributed by atoms with van der Waals surface area (Å²) >= 11 is 0. The maximum absolute atomic E-state index is 11.7. The number of aliphatic hydroxyl groups is 1. The van der Waals surface area contributed by atoms with Gasteiger partial charge in [0, 0.05) is 19.2 Å². The van der Waals surface area contributed by atoms with Crippen LogP contribution in [0.2, 0.25) is 0 Å². The highest BCUT2D eigenvalue weighted by molar-refractivity contribution is 5.74. The van der Waals surface area contributed by atoms with E-state index in [0.29, 0.717) is 25.8 Å². The summed E-state index contributed by atoms with van der Waals surface area (Å²) in [6.45, 7) is 1.61. The summed E-state index contributed by atoms with van der Waals surface area (Å²) in [6.07, 6.45) is 9.36. The molecule has 0 atom stereocenters. The SMILES string of the molecule is O=C(NCCCOCCO)NC1CCCCCCC1. The molecule has 0 radical (unpaired) electrons. The van der Waals surface area contributed by atoms with E-state index in [4.69, 9.17) is 9.84 Å². The van der Waals surface area contributed by atoms with Crippen LogP contribution >= 0.6 is 0 Å². The lowest BCUT2D eigenvalue weighted by molar-refractivity contribution is 0.0909. The summed E-state index contributed by atoms with van der Waals surface area (Å²) in [6, 6.07) is 0.277. The predicted octanol–water partition coefficient (Wildman–Crippen LogP) is 1.80. The fraction of sp³-hybridized carbons (Fsp3) is 0.929. The van der Waals surface area contributed by atoms with Crippen molar-refractivity contribution in [2.75, 3.05) is 26.4 Å². The highest BCUT2D eigenvalue weighted by Gasteiger charge is 2.13. The van der Waals surface area contributed by atoms with Gasteiger partial charge in [-0.2, -0.15) is 0 Å². The molecule has 0 saturated heterocycles. The minimum absolute atomic E-state index is 0.0512. The summed E-state index contributed by atoms with van der Waals surface area (Å²) in [5, 5.41) is 14.4. The largest absolute Gasteiger partial charge is 0.394 e. The lowest BCUT2D eigenvalue weighted by Gasteiger charge is -2.21. The van der Waals surface area contributed by atoms with E-state index < -0.39 is 0 Å². The van der Waals surface area contributed by atoms with Crippen LogP contribution in [-0.2, 0) is 4.74 Å². The molecule has 0 heterocycles. The van der Waals surface area contributed by atoms with Crippen LogP contribution in [0.1, 0.15) is 51.4 Å². The van der Waals surface area contributed by atoms with Crippen LogP contribution in [0.4, 0.5) is 4.79 Å². The molecule has 0 aromatic rings. The Morgan fingerprint density at radius 2 is 1.79 bits per heavy atom. The van der Waals surface area contributed by atoms with Crippen molar-refractivity contribution in [1.82, 2.24) is 10.6 Å². The van der Waals surface area contributed by atoms with E-state index in [1.165, 1.54) is 32.1 Å². The van der Waals surface area contributed by atoms with Crippen LogP contribution in [0.5, 0.6) is 0 Å². The zero-order valence-corrected chi connectivity index (χ0v) is 11.8. The molecular formula is C14H28N2O3. The second kappa shape index (κ2) is 11.1. The summed E-state index contributed by atoms with van der Waals surface area (Å²) < 4.78 is 5.12. The molecule has 0 aromatic carbocycles. The van der Waals surface area contributed by atoms with Gasteiger partial charge >= 0.3 is 6.03 Å². The molecule has 0 spiro atoms. The molecule has 19 heavy (non-hydrogen) atoms. The smallest absolute Gasteiger partial charge is 0.315 e. The Bertz CT molecular complexity index is 229. The summed E-state index contributed by atoms with van der Waals surface area (Å²) in [4.78, 5) is 11.7. The van der Waals surface area contributed by atoms with Gasteiger partial charge < -0.3 is 20.5 Å². The van der Waals surface area contributed by atoms with Crippen LogP contribution in [0.25, 0.3) is 0 Å². The fourth-order valence-corrected chi connectivity index (χ4v) is 2.38. The van der Waals surface area contributed by atoms with Gasteiger partial charge in [-0.3, -0.25) is 0 Å². The average Bonchev–Trinajstić information content (AvgIpc) is 2.37. The highest BCUT2D eigenvalue weighted by Crippen LogP contribution is 2.16. The van der Waals surface area contributed by atoms with Gasteiger partial charge in [0.05, 0.1) is 13.2 Å². The summed E-state index contributed by atoms with van der Waals surface area (Å²) in [5.74, 6) is 0. The molecule has 5 nitrogen and oxygen atoms in total. The molecule has 1 fully saturated rings. The first-order chi connectivity index (χ1) is 9.33. The fourth-order valence-electron chi connectivity index (χ4n) is 2.38. The number of carbonyl (C=O) groups excluding carboxylic acids is 1. The standard InChI is InChI=1S/C14H28N2O3/c17-10-12-19-11-6-9-15-14(18)16-13-7-4-2-1-3-5-8-13/h13,17H,1-12H2,(H2,15,16,18). The van der Waals surface area contributed by atoms with Crippen LogP contribution in [0.3, 0.4) is 0 Å². The van der Waals surface area contributed by atoms with E-state index >= 15 is 0 Å². The van der Waals surface area contributed by atoms with Gasteiger partial charge in [0.15, 0.2) is 0 Å². The van der Waals surface area contributed by atoms with Crippen LogP contribution < -0.4 is 10.6 Å². The number of hydrogen-bond donors (Lipinski definition) is 3. The number of hydrogen-bond acceptors (Lipinski definition) is 3.